The Morgan fingerprint density at radius 2 is 1.85 bits per heavy atom. The summed E-state index contributed by atoms with van der Waals surface area (Å²) in [5, 5.41) is 10.9. The number of rotatable bonds is 5. The fourth-order valence-corrected chi connectivity index (χ4v) is 2.31. The van der Waals surface area contributed by atoms with Crippen molar-refractivity contribution in [3.8, 4) is 17.0 Å². The molecule has 2 aromatic carbocycles. The van der Waals surface area contributed by atoms with E-state index < -0.39 is 11.5 Å². The van der Waals surface area contributed by atoms with Crippen molar-refractivity contribution in [2.45, 2.75) is 0 Å². The second-order valence-electron chi connectivity index (χ2n) is 5.28. The van der Waals surface area contributed by atoms with Gasteiger partial charge >= 0.3 is 5.97 Å². The molecule has 1 aromatic heterocycles. The number of carbonyl (C=O) groups excluding carboxylic acids is 1. The van der Waals surface area contributed by atoms with E-state index >= 15 is 0 Å². The van der Waals surface area contributed by atoms with Gasteiger partial charge in [0.05, 0.1) is 19.8 Å². The van der Waals surface area contributed by atoms with Crippen LogP contribution in [0.1, 0.15) is 10.4 Å². The third kappa shape index (κ3) is 3.69. The van der Waals surface area contributed by atoms with E-state index in [0.717, 1.165) is 0 Å². The van der Waals surface area contributed by atoms with Gasteiger partial charge < -0.3 is 14.8 Å². The van der Waals surface area contributed by atoms with Crippen LogP contribution in [0.3, 0.4) is 0 Å². The van der Waals surface area contributed by atoms with Crippen LogP contribution in [0.2, 0.25) is 0 Å². The van der Waals surface area contributed by atoms with Crippen molar-refractivity contribution < 1.29 is 14.3 Å². The molecule has 0 radical (unpaired) electrons. The third-order valence-corrected chi connectivity index (χ3v) is 3.61. The zero-order valence-electron chi connectivity index (χ0n) is 14.1. The number of ether oxygens (including phenoxy) is 2. The van der Waals surface area contributed by atoms with Crippen molar-refractivity contribution in [2.24, 2.45) is 0 Å². The summed E-state index contributed by atoms with van der Waals surface area (Å²) < 4.78 is 9.77. The number of esters is 1. The zero-order chi connectivity index (χ0) is 18.5. The number of benzene rings is 2. The Balaban J connectivity index is 1.83. The topological polar surface area (TPSA) is 106 Å². The van der Waals surface area contributed by atoms with Gasteiger partial charge in [-0.2, -0.15) is 0 Å². The molecule has 0 spiro atoms. The summed E-state index contributed by atoms with van der Waals surface area (Å²) in [7, 11) is 2.88. The van der Waals surface area contributed by atoms with Gasteiger partial charge in [-0.05, 0) is 42.5 Å². The summed E-state index contributed by atoms with van der Waals surface area (Å²) in [5.74, 6) is 0.388. The molecule has 0 unspecified atom stereocenters. The number of nitrogens with one attached hydrogen (secondary N) is 2. The lowest BCUT2D eigenvalue weighted by molar-refractivity contribution is 0.0601. The second kappa shape index (κ2) is 7.47. The molecule has 0 bridgehead atoms. The van der Waals surface area contributed by atoms with Gasteiger partial charge in [-0.1, -0.05) is 6.07 Å². The molecular weight excluding hydrogens is 336 g/mol. The number of aromatic nitrogens is 3. The van der Waals surface area contributed by atoms with Crippen molar-refractivity contribution in [3.63, 3.8) is 0 Å². The number of H-pyrrole nitrogens is 1. The van der Waals surface area contributed by atoms with E-state index in [0.29, 0.717) is 22.6 Å². The predicted octanol–water partition coefficient (Wildman–Crippen LogP) is 2.37. The maximum absolute atomic E-state index is 12.3. The molecule has 0 atom stereocenters. The van der Waals surface area contributed by atoms with E-state index in [1.807, 2.05) is 0 Å². The summed E-state index contributed by atoms with van der Waals surface area (Å²) in [6.45, 7) is 0. The number of hydrogen-bond acceptors (Lipinski definition) is 7. The highest BCUT2D eigenvalue weighted by Crippen LogP contribution is 2.18. The molecule has 0 saturated heterocycles. The molecule has 8 heteroatoms. The van der Waals surface area contributed by atoms with E-state index in [9.17, 15) is 9.59 Å². The molecule has 132 valence electrons. The maximum atomic E-state index is 12.3. The van der Waals surface area contributed by atoms with Gasteiger partial charge in [0.15, 0.2) is 5.69 Å². The Morgan fingerprint density at radius 1 is 1.08 bits per heavy atom. The first-order chi connectivity index (χ1) is 12.6. The first-order valence-corrected chi connectivity index (χ1v) is 7.67. The number of hydrogen-bond donors (Lipinski definition) is 2. The number of aromatic amines is 1. The predicted molar refractivity (Wildman–Crippen MR) is 95.7 cm³/mol. The number of nitrogens with zero attached hydrogens (tertiary/aromatic N) is 2. The van der Waals surface area contributed by atoms with Crippen LogP contribution in [0.15, 0.2) is 53.3 Å². The Bertz CT molecular complexity index is 983. The van der Waals surface area contributed by atoms with Crippen LogP contribution < -0.4 is 15.6 Å². The van der Waals surface area contributed by atoms with Gasteiger partial charge in [0.1, 0.15) is 5.75 Å². The summed E-state index contributed by atoms with van der Waals surface area (Å²) in [5.41, 5.74) is 1.37. The number of methoxy groups -OCH3 is 2. The van der Waals surface area contributed by atoms with Gasteiger partial charge in [-0.15, -0.1) is 10.2 Å². The van der Waals surface area contributed by atoms with Crippen LogP contribution in [0.25, 0.3) is 11.3 Å². The smallest absolute Gasteiger partial charge is 0.337 e. The van der Waals surface area contributed by atoms with Crippen LogP contribution in [0.5, 0.6) is 5.75 Å². The van der Waals surface area contributed by atoms with Crippen molar-refractivity contribution in [3.05, 3.63) is 64.4 Å². The molecule has 26 heavy (non-hydrogen) atoms. The monoisotopic (exact) mass is 352 g/mol. The summed E-state index contributed by atoms with van der Waals surface area (Å²) in [6, 6.07) is 13.6. The Morgan fingerprint density at radius 3 is 2.50 bits per heavy atom. The number of carbonyl (C=O) groups is 1. The van der Waals surface area contributed by atoms with E-state index in [1.165, 1.54) is 7.11 Å². The largest absolute Gasteiger partial charge is 0.497 e. The molecule has 2 N–H and O–H groups in total. The SMILES string of the molecule is COC(=O)c1cccc(Nc2nnc(-c3ccc(OC)cc3)c(=O)[nH]2)c1. The van der Waals surface area contributed by atoms with E-state index in [4.69, 9.17) is 4.74 Å². The van der Waals surface area contributed by atoms with Gasteiger partial charge in [0, 0.05) is 11.3 Å². The lowest BCUT2D eigenvalue weighted by Gasteiger charge is -2.07. The minimum atomic E-state index is -0.455. The van der Waals surface area contributed by atoms with Crippen LogP contribution in [-0.4, -0.2) is 35.4 Å². The first-order valence-electron chi connectivity index (χ1n) is 7.67. The lowest BCUT2D eigenvalue weighted by Crippen LogP contribution is -2.15. The van der Waals surface area contributed by atoms with E-state index in [-0.39, 0.29) is 11.6 Å². The molecule has 0 aliphatic carbocycles. The Hall–Kier alpha value is -3.68. The highest BCUT2D eigenvalue weighted by atomic mass is 16.5. The molecule has 3 aromatic rings. The van der Waals surface area contributed by atoms with Crippen molar-refractivity contribution in [1.82, 2.24) is 15.2 Å². The normalized spacial score (nSPS) is 10.2. The van der Waals surface area contributed by atoms with Crippen LogP contribution >= 0.6 is 0 Å². The average Bonchev–Trinajstić information content (AvgIpc) is 2.68. The molecule has 0 saturated carbocycles. The van der Waals surface area contributed by atoms with E-state index in [1.54, 1.807) is 55.6 Å². The van der Waals surface area contributed by atoms with Crippen LogP contribution in [-0.2, 0) is 4.74 Å². The zero-order valence-corrected chi connectivity index (χ0v) is 14.1. The van der Waals surface area contributed by atoms with Crippen molar-refractivity contribution in [2.75, 3.05) is 19.5 Å². The highest BCUT2D eigenvalue weighted by molar-refractivity contribution is 5.90. The summed E-state index contributed by atoms with van der Waals surface area (Å²) in [6.07, 6.45) is 0. The van der Waals surface area contributed by atoms with Gasteiger partial charge in [0.2, 0.25) is 5.95 Å². The summed E-state index contributed by atoms with van der Waals surface area (Å²) >= 11 is 0. The Kier molecular flexibility index (Phi) is 4.93. The number of anilines is 2. The summed E-state index contributed by atoms with van der Waals surface area (Å²) in [4.78, 5) is 26.5. The molecule has 0 fully saturated rings. The second-order valence-corrected chi connectivity index (χ2v) is 5.28. The molecule has 3 rings (SSSR count). The van der Waals surface area contributed by atoms with Crippen LogP contribution in [0.4, 0.5) is 11.6 Å². The fraction of sp³-hybridized carbons (Fsp3) is 0.111. The third-order valence-electron chi connectivity index (χ3n) is 3.61. The molecule has 8 nitrogen and oxygen atoms in total. The van der Waals surface area contributed by atoms with Crippen molar-refractivity contribution in [1.29, 1.82) is 0 Å². The standard InChI is InChI=1S/C18H16N4O4/c1-25-14-8-6-11(7-9-14)15-16(23)20-18(22-21-15)19-13-5-3-4-12(10-13)17(24)26-2/h3-10H,1-2H3,(H2,19,20,22,23). The van der Waals surface area contributed by atoms with Gasteiger partial charge in [-0.25, -0.2) is 4.79 Å². The molecule has 0 aliphatic heterocycles. The molecule has 1 heterocycles. The lowest BCUT2D eigenvalue weighted by atomic mass is 10.1. The van der Waals surface area contributed by atoms with E-state index in [2.05, 4.69) is 25.2 Å². The van der Waals surface area contributed by atoms with Gasteiger partial charge in [0.25, 0.3) is 5.56 Å². The first kappa shape index (κ1) is 17.2. The minimum absolute atomic E-state index is 0.161. The average molecular weight is 352 g/mol. The quantitative estimate of drug-likeness (QED) is 0.679. The van der Waals surface area contributed by atoms with Crippen LogP contribution in [0, 0.1) is 0 Å². The maximum Gasteiger partial charge on any atom is 0.337 e. The van der Waals surface area contributed by atoms with Crippen molar-refractivity contribution >= 4 is 17.6 Å². The molecule has 0 aliphatic rings. The minimum Gasteiger partial charge on any atom is -0.497 e. The fourth-order valence-electron chi connectivity index (χ4n) is 2.31. The Labute approximate surface area is 148 Å². The highest BCUT2D eigenvalue weighted by Gasteiger charge is 2.09. The van der Waals surface area contributed by atoms with Gasteiger partial charge in [-0.3, -0.25) is 9.78 Å². The molecule has 0 amide bonds. The molecular formula is C18H16N4O4.